The second-order valence-corrected chi connectivity index (χ2v) is 9.93. The zero-order valence-corrected chi connectivity index (χ0v) is 21.2. The number of aliphatic hydroxyl groups is 1. The molecule has 0 unspecified atom stereocenters. The van der Waals surface area contributed by atoms with Crippen molar-refractivity contribution in [1.82, 2.24) is 20.1 Å². The summed E-state index contributed by atoms with van der Waals surface area (Å²) in [5.41, 5.74) is 2.14. The van der Waals surface area contributed by atoms with Crippen LogP contribution in [0.5, 0.6) is 0 Å². The molecule has 10 heteroatoms. The van der Waals surface area contributed by atoms with E-state index in [1.807, 2.05) is 21.7 Å². The highest BCUT2D eigenvalue weighted by Gasteiger charge is 2.29. The quantitative estimate of drug-likeness (QED) is 0.499. The molecule has 1 aliphatic rings. The van der Waals surface area contributed by atoms with Crippen molar-refractivity contribution < 1.29 is 14.7 Å². The Hall–Kier alpha value is -1.71. The minimum Gasteiger partial charge on any atom is -0.387 e. The summed E-state index contributed by atoms with van der Waals surface area (Å²) >= 11 is 13.6. The number of likely N-dealkylation sites (tertiary alicyclic amines) is 1. The van der Waals surface area contributed by atoms with Crippen LogP contribution >= 0.6 is 34.5 Å². The molecular weight excluding hydrogens is 483 g/mol. The van der Waals surface area contributed by atoms with Crippen molar-refractivity contribution in [3.8, 4) is 0 Å². The van der Waals surface area contributed by atoms with Crippen LogP contribution in [0.1, 0.15) is 47.7 Å². The first kappa shape index (κ1) is 25.9. The smallest absolute Gasteiger partial charge is 0.254 e. The number of nitrogens with one attached hydrogen (secondary N) is 1. The molecule has 1 aliphatic heterocycles. The van der Waals surface area contributed by atoms with E-state index < -0.39 is 6.61 Å². The average Bonchev–Trinajstić information content (AvgIpc) is 3.29. The van der Waals surface area contributed by atoms with E-state index in [1.165, 1.54) is 0 Å². The molecule has 0 bridgehead atoms. The van der Waals surface area contributed by atoms with Crippen molar-refractivity contribution in [3.05, 3.63) is 49.9 Å². The summed E-state index contributed by atoms with van der Waals surface area (Å²) < 4.78 is 0. The van der Waals surface area contributed by atoms with Crippen molar-refractivity contribution in [2.75, 3.05) is 26.2 Å². The van der Waals surface area contributed by atoms with Crippen LogP contribution in [0.15, 0.2) is 22.9 Å². The normalized spacial score (nSPS) is 15.9. The molecule has 0 aliphatic carbocycles. The molecule has 7 nitrogen and oxygen atoms in total. The van der Waals surface area contributed by atoms with E-state index >= 15 is 0 Å². The zero-order valence-electron chi connectivity index (χ0n) is 18.9. The van der Waals surface area contributed by atoms with Crippen LogP contribution in [0, 0.1) is 6.92 Å². The fraction of sp³-hybridized carbons (Fsp3) is 0.522. The van der Waals surface area contributed by atoms with Crippen molar-refractivity contribution in [1.29, 1.82) is 0 Å². The van der Waals surface area contributed by atoms with Crippen LogP contribution in [-0.2, 0) is 11.3 Å². The summed E-state index contributed by atoms with van der Waals surface area (Å²) in [6, 6.07) is 4.04. The van der Waals surface area contributed by atoms with Crippen molar-refractivity contribution in [2.24, 2.45) is 0 Å². The van der Waals surface area contributed by atoms with Gasteiger partial charge in [-0.25, -0.2) is 4.98 Å². The van der Waals surface area contributed by atoms with E-state index in [0.29, 0.717) is 24.2 Å². The van der Waals surface area contributed by atoms with Crippen molar-refractivity contribution in [3.63, 3.8) is 0 Å². The fourth-order valence-corrected chi connectivity index (χ4v) is 5.54. The number of piperidine rings is 1. The predicted molar refractivity (Wildman–Crippen MR) is 132 cm³/mol. The number of thiophene rings is 1. The number of halogens is 2. The minimum absolute atomic E-state index is 0.108. The Labute approximate surface area is 208 Å². The fourth-order valence-electron chi connectivity index (χ4n) is 4.26. The van der Waals surface area contributed by atoms with Crippen molar-refractivity contribution in [2.45, 2.75) is 51.7 Å². The lowest BCUT2D eigenvalue weighted by Crippen LogP contribution is -2.50. The number of aliphatic hydroxyl groups excluding tert-OH is 1. The van der Waals surface area contributed by atoms with Crippen LogP contribution in [0.25, 0.3) is 0 Å². The molecule has 1 fully saturated rings. The second-order valence-electron chi connectivity index (χ2n) is 8.40. The molecule has 2 aromatic rings. The minimum atomic E-state index is -0.465. The first-order valence-electron chi connectivity index (χ1n) is 11.1. The van der Waals surface area contributed by atoms with E-state index in [9.17, 15) is 14.7 Å². The molecule has 2 N–H and O–H groups in total. The molecule has 0 aromatic carbocycles. The predicted octanol–water partition coefficient (Wildman–Crippen LogP) is 3.75. The number of pyridine rings is 1. The SMILES string of the molecule is Cc1cc(Cl)nc(Cl)c1C(=O)NCC[C@@H](C)N1CCC(N(Cc2ccsc2)C(=O)CO)CC1. The highest BCUT2D eigenvalue weighted by molar-refractivity contribution is 7.07. The molecule has 0 saturated carbocycles. The molecule has 3 heterocycles. The number of rotatable bonds is 9. The Morgan fingerprint density at radius 1 is 1.36 bits per heavy atom. The number of hydrogen-bond acceptors (Lipinski definition) is 6. The van der Waals surface area contributed by atoms with Crippen molar-refractivity contribution >= 4 is 46.4 Å². The molecule has 33 heavy (non-hydrogen) atoms. The summed E-state index contributed by atoms with van der Waals surface area (Å²) in [6.07, 6.45) is 2.51. The monoisotopic (exact) mass is 512 g/mol. The lowest BCUT2D eigenvalue weighted by Gasteiger charge is -2.40. The van der Waals surface area contributed by atoms with E-state index in [0.717, 1.165) is 37.9 Å². The molecule has 1 saturated heterocycles. The van der Waals surface area contributed by atoms with Crippen LogP contribution < -0.4 is 5.32 Å². The van der Waals surface area contributed by atoms with E-state index in [1.54, 1.807) is 24.3 Å². The Bertz CT molecular complexity index is 926. The molecule has 3 rings (SSSR count). The maximum atomic E-state index is 12.5. The zero-order chi connectivity index (χ0) is 24.0. The summed E-state index contributed by atoms with van der Waals surface area (Å²) in [6.45, 7) is 6.26. The molecule has 0 spiro atoms. The van der Waals surface area contributed by atoms with Crippen LogP contribution in [0.2, 0.25) is 10.3 Å². The molecular formula is C23H30Cl2N4O3S. The number of carbonyl (C=O) groups is 2. The van der Waals surface area contributed by atoms with Gasteiger partial charge in [-0.3, -0.25) is 9.59 Å². The summed E-state index contributed by atoms with van der Waals surface area (Å²) in [4.78, 5) is 33.0. The topological polar surface area (TPSA) is 85.8 Å². The van der Waals surface area contributed by atoms with Gasteiger partial charge in [-0.15, -0.1) is 0 Å². The lowest BCUT2D eigenvalue weighted by atomic mass is 10.00. The molecule has 2 aromatic heterocycles. The average molecular weight is 513 g/mol. The number of carbonyl (C=O) groups excluding carboxylic acids is 2. The number of nitrogens with zero attached hydrogens (tertiary/aromatic N) is 3. The molecule has 0 radical (unpaired) electrons. The van der Waals surface area contributed by atoms with Gasteiger partial charge in [0.15, 0.2) is 0 Å². The van der Waals surface area contributed by atoms with Crippen LogP contribution in [0.3, 0.4) is 0 Å². The maximum Gasteiger partial charge on any atom is 0.254 e. The van der Waals surface area contributed by atoms with Gasteiger partial charge in [-0.1, -0.05) is 23.2 Å². The van der Waals surface area contributed by atoms with Gasteiger partial charge < -0.3 is 20.2 Å². The number of hydrogen-bond donors (Lipinski definition) is 2. The highest BCUT2D eigenvalue weighted by Crippen LogP contribution is 2.23. The van der Waals surface area contributed by atoms with Gasteiger partial charge in [0, 0.05) is 38.3 Å². The molecule has 1 atom stereocenters. The third-order valence-corrected chi connectivity index (χ3v) is 7.37. The first-order chi connectivity index (χ1) is 15.8. The maximum absolute atomic E-state index is 12.5. The Morgan fingerprint density at radius 3 is 2.70 bits per heavy atom. The van der Waals surface area contributed by atoms with Gasteiger partial charge in [0.2, 0.25) is 5.91 Å². The first-order valence-corrected chi connectivity index (χ1v) is 12.8. The van der Waals surface area contributed by atoms with Crippen LogP contribution in [-0.4, -0.2) is 70.0 Å². The van der Waals surface area contributed by atoms with Gasteiger partial charge >= 0.3 is 0 Å². The molecule has 2 amide bonds. The Kier molecular flexibility index (Phi) is 9.52. The largest absolute Gasteiger partial charge is 0.387 e. The summed E-state index contributed by atoms with van der Waals surface area (Å²) in [5, 5.41) is 16.8. The number of aromatic nitrogens is 1. The summed E-state index contributed by atoms with van der Waals surface area (Å²) in [7, 11) is 0. The van der Waals surface area contributed by atoms with Gasteiger partial charge in [0.25, 0.3) is 5.91 Å². The third kappa shape index (κ3) is 6.90. The standard InChI is InChI=1S/C23H30Cl2N4O3S/c1-15-11-19(24)27-22(25)21(15)23(32)26-7-3-16(2)28-8-4-18(5-9-28)29(20(31)13-30)12-17-6-10-33-14-17/h6,10-11,14,16,18,30H,3-5,7-9,12-13H2,1-2H3,(H,26,32)/t16-/m1/s1. The Morgan fingerprint density at radius 2 is 2.09 bits per heavy atom. The third-order valence-electron chi connectivity index (χ3n) is 6.17. The molecule has 180 valence electrons. The van der Waals surface area contributed by atoms with Gasteiger partial charge in [-0.05, 0) is 67.1 Å². The Balaban J connectivity index is 1.47. The van der Waals surface area contributed by atoms with Crippen LogP contribution in [0.4, 0.5) is 0 Å². The van der Waals surface area contributed by atoms with E-state index in [-0.39, 0.29) is 34.2 Å². The van der Waals surface area contributed by atoms with E-state index in [2.05, 4.69) is 22.1 Å². The number of aryl methyl sites for hydroxylation is 1. The van der Waals surface area contributed by atoms with E-state index in [4.69, 9.17) is 23.2 Å². The second kappa shape index (κ2) is 12.1. The van der Waals surface area contributed by atoms with Gasteiger partial charge in [0.1, 0.15) is 16.9 Å². The summed E-state index contributed by atoms with van der Waals surface area (Å²) in [5.74, 6) is -0.472. The number of amides is 2. The van der Waals surface area contributed by atoms with Gasteiger partial charge in [0.05, 0.1) is 5.56 Å². The van der Waals surface area contributed by atoms with Gasteiger partial charge in [-0.2, -0.15) is 11.3 Å². The highest BCUT2D eigenvalue weighted by atomic mass is 35.5. The lowest BCUT2D eigenvalue weighted by molar-refractivity contribution is -0.138.